The number of ether oxygens (including phenoxy) is 1. The van der Waals surface area contributed by atoms with E-state index in [4.69, 9.17) is 0 Å². The second-order valence-corrected chi connectivity index (χ2v) is 4.84. The van der Waals surface area contributed by atoms with Crippen LogP contribution >= 0.6 is 15.9 Å². The van der Waals surface area contributed by atoms with Crippen LogP contribution in [0.1, 0.15) is 22.2 Å². The van der Waals surface area contributed by atoms with Gasteiger partial charge in [0.05, 0.1) is 13.2 Å². The molecular weight excluding hydrogens is 314 g/mol. The molecule has 0 aliphatic carbocycles. The minimum Gasteiger partial charge on any atom is -0.464 e. The van der Waals surface area contributed by atoms with Crippen LogP contribution < -0.4 is 0 Å². The molecule has 0 saturated heterocycles. The molecule has 0 spiro atoms. The SMILES string of the molecule is COC(=O)c1cc2ccc(C(O)C(O)CBr)cc2[nH]1. The van der Waals surface area contributed by atoms with Crippen LogP contribution in [0, 0.1) is 0 Å². The Balaban J connectivity index is 2.37. The number of hydrogen-bond donors (Lipinski definition) is 3. The average molecular weight is 328 g/mol. The molecule has 2 atom stereocenters. The highest BCUT2D eigenvalue weighted by atomic mass is 79.9. The summed E-state index contributed by atoms with van der Waals surface area (Å²) < 4.78 is 4.63. The number of H-pyrrole nitrogens is 1. The number of carbonyl (C=O) groups excluding carboxylic acids is 1. The van der Waals surface area contributed by atoms with Gasteiger partial charge in [-0.25, -0.2) is 4.79 Å². The Kier molecular flexibility index (Phi) is 4.24. The lowest BCUT2D eigenvalue weighted by Crippen LogP contribution is -2.19. The number of methoxy groups -OCH3 is 1. The average Bonchev–Trinajstić information content (AvgIpc) is 2.87. The summed E-state index contributed by atoms with van der Waals surface area (Å²) in [5, 5.41) is 20.6. The highest BCUT2D eigenvalue weighted by molar-refractivity contribution is 9.09. The number of aliphatic hydroxyl groups excluding tert-OH is 2. The lowest BCUT2D eigenvalue weighted by atomic mass is 10.0. The Bertz CT molecular complexity index is 595. The third kappa shape index (κ3) is 2.80. The van der Waals surface area contributed by atoms with Crippen LogP contribution in [0.15, 0.2) is 24.3 Å². The first-order valence-corrected chi connectivity index (χ1v) is 6.82. The van der Waals surface area contributed by atoms with Gasteiger partial charge in [-0.15, -0.1) is 0 Å². The van der Waals surface area contributed by atoms with Gasteiger partial charge < -0.3 is 19.9 Å². The molecule has 102 valence electrons. The number of hydrogen-bond acceptors (Lipinski definition) is 4. The number of aromatic amines is 1. The number of carbonyl (C=O) groups is 1. The summed E-state index contributed by atoms with van der Waals surface area (Å²) in [6, 6.07) is 6.88. The number of halogens is 1. The minimum absolute atomic E-state index is 0.282. The summed E-state index contributed by atoms with van der Waals surface area (Å²) in [4.78, 5) is 14.3. The fourth-order valence-corrected chi connectivity index (χ4v) is 2.21. The molecule has 1 heterocycles. The van der Waals surface area contributed by atoms with Crippen LogP contribution in [-0.4, -0.2) is 39.7 Å². The molecular formula is C13H14BrNO4. The number of benzene rings is 1. The van der Waals surface area contributed by atoms with Crippen molar-refractivity contribution >= 4 is 32.8 Å². The molecule has 2 aromatic rings. The summed E-state index contributed by atoms with van der Waals surface area (Å²) in [6.45, 7) is 0. The van der Waals surface area contributed by atoms with E-state index in [0.29, 0.717) is 16.8 Å². The van der Waals surface area contributed by atoms with Crippen molar-refractivity contribution in [1.82, 2.24) is 4.98 Å². The number of rotatable bonds is 4. The fraction of sp³-hybridized carbons (Fsp3) is 0.308. The minimum atomic E-state index is -0.978. The van der Waals surface area contributed by atoms with Gasteiger partial charge in [0.2, 0.25) is 0 Å². The van der Waals surface area contributed by atoms with Crippen molar-refractivity contribution in [3.05, 3.63) is 35.5 Å². The molecule has 3 N–H and O–H groups in total. The van der Waals surface area contributed by atoms with Crippen LogP contribution in [0.5, 0.6) is 0 Å². The third-order valence-electron chi connectivity index (χ3n) is 2.92. The molecule has 2 unspecified atom stereocenters. The van der Waals surface area contributed by atoms with Crippen LogP contribution in [-0.2, 0) is 4.74 Å². The first kappa shape index (κ1) is 14.0. The van der Waals surface area contributed by atoms with E-state index in [2.05, 4.69) is 25.7 Å². The standard InChI is InChI=1S/C13H14BrNO4/c1-19-13(18)10-4-7-2-3-8(5-9(7)15-10)12(17)11(16)6-14/h2-5,11-12,15-17H,6H2,1H3. The second kappa shape index (κ2) is 5.73. The predicted molar refractivity (Wildman–Crippen MR) is 74.4 cm³/mol. The molecule has 0 fully saturated rings. The van der Waals surface area contributed by atoms with E-state index >= 15 is 0 Å². The molecule has 6 heteroatoms. The lowest BCUT2D eigenvalue weighted by molar-refractivity contribution is 0.0343. The number of aliphatic hydroxyl groups is 2. The van der Waals surface area contributed by atoms with Crippen LogP contribution in [0.4, 0.5) is 0 Å². The molecule has 0 bridgehead atoms. The molecule has 0 aliphatic heterocycles. The summed E-state index contributed by atoms with van der Waals surface area (Å²) in [7, 11) is 1.31. The van der Waals surface area contributed by atoms with Gasteiger partial charge in [0.15, 0.2) is 0 Å². The van der Waals surface area contributed by atoms with Gasteiger partial charge in [0.25, 0.3) is 0 Å². The van der Waals surface area contributed by atoms with Crippen molar-refractivity contribution in [3.63, 3.8) is 0 Å². The van der Waals surface area contributed by atoms with E-state index in [-0.39, 0.29) is 5.33 Å². The van der Waals surface area contributed by atoms with Gasteiger partial charge in [-0.05, 0) is 17.7 Å². The first-order chi connectivity index (χ1) is 9.06. The Morgan fingerprint density at radius 2 is 2.16 bits per heavy atom. The van der Waals surface area contributed by atoms with Crippen molar-refractivity contribution < 1.29 is 19.7 Å². The first-order valence-electron chi connectivity index (χ1n) is 5.70. The van der Waals surface area contributed by atoms with Crippen LogP contribution in [0.25, 0.3) is 10.9 Å². The van der Waals surface area contributed by atoms with Crippen molar-refractivity contribution in [2.45, 2.75) is 12.2 Å². The predicted octanol–water partition coefficient (Wildman–Crippen LogP) is 1.74. The largest absolute Gasteiger partial charge is 0.464 e. The third-order valence-corrected chi connectivity index (χ3v) is 3.58. The second-order valence-electron chi connectivity index (χ2n) is 4.19. The summed E-state index contributed by atoms with van der Waals surface area (Å²) >= 11 is 3.12. The lowest BCUT2D eigenvalue weighted by Gasteiger charge is -2.15. The Hall–Kier alpha value is -1.37. The van der Waals surface area contributed by atoms with E-state index in [1.807, 2.05) is 0 Å². The zero-order valence-electron chi connectivity index (χ0n) is 10.3. The van der Waals surface area contributed by atoms with E-state index in [1.165, 1.54) is 7.11 Å². The van der Waals surface area contributed by atoms with Gasteiger partial charge in [-0.3, -0.25) is 0 Å². The maximum Gasteiger partial charge on any atom is 0.354 e. The molecule has 1 aromatic heterocycles. The van der Waals surface area contributed by atoms with E-state index in [1.54, 1.807) is 24.3 Å². The molecule has 0 radical (unpaired) electrons. The van der Waals surface area contributed by atoms with E-state index in [9.17, 15) is 15.0 Å². The maximum atomic E-state index is 11.4. The molecule has 5 nitrogen and oxygen atoms in total. The van der Waals surface area contributed by atoms with Gasteiger partial charge in [-0.2, -0.15) is 0 Å². The van der Waals surface area contributed by atoms with Gasteiger partial charge in [0.1, 0.15) is 11.8 Å². The molecule has 0 saturated carbocycles. The van der Waals surface area contributed by atoms with Gasteiger partial charge >= 0.3 is 5.97 Å². The Morgan fingerprint density at radius 1 is 1.42 bits per heavy atom. The van der Waals surface area contributed by atoms with Crippen molar-refractivity contribution in [1.29, 1.82) is 0 Å². The van der Waals surface area contributed by atoms with E-state index < -0.39 is 18.2 Å². The summed E-state index contributed by atoms with van der Waals surface area (Å²) in [5.41, 5.74) is 1.64. The van der Waals surface area contributed by atoms with Gasteiger partial charge in [0, 0.05) is 16.2 Å². The number of nitrogens with one attached hydrogen (secondary N) is 1. The maximum absolute atomic E-state index is 11.4. The number of aromatic nitrogens is 1. The molecule has 1 aromatic carbocycles. The number of alkyl halides is 1. The van der Waals surface area contributed by atoms with Gasteiger partial charge in [-0.1, -0.05) is 28.1 Å². The fourth-order valence-electron chi connectivity index (χ4n) is 1.86. The smallest absolute Gasteiger partial charge is 0.354 e. The van der Waals surface area contributed by atoms with Crippen LogP contribution in [0.2, 0.25) is 0 Å². The van der Waals surface area contributed by atoms with Crippen molar-refractivity contribution in [2.24, 2.45) is 0 Å². The van der Waals surface area contributed by atoms with Crippen molar-refractivity contribution in [2.75, 3.05) is 12.4 Å². The number of fused-ring (bicyclic) bond motifs is 1. The quantitative estimate of drug-likeness (QED) is 0.590. The molecule has 0 aliphatic rings. The normalized spacial score (nSPS) is 14.3. The summed E-state index contributed by atoms with van der Waals surface area (Å²) in [5.74, 6) is -0.446. The highest BCUT2D eigenvalue weighted by Crippen LogP contribution is 2.24. The van der Waals surface area contributed by atoms with E-state index in [0.717, 1.165) is 5.39 Å². The molecule has 0 amide bonds. The Morgan fingerprint density at radius 3 is 2.79 bits per heavy atom. The number of esters is 1. The zero-order valence-corrected chi connectivity index (χ0v) is 11.8. The monoisotopic (exact) mass is 327 g/mol. The zero-order chi connectivity index (χ0) is 14.0. The van der Waals surface area contributed by atoms with Crippen LogP contribution in [0.3, 0.4) is 0 Å². The highest BCUT2D eigenvalue weighted by Gasteiger charge is 2.18. The molecule has 2 rings (SSSR count). The topological polar surface area (TPSA) is 82.6 Å². The Labute approximate surface area is 118 Å². The summed E-state index contributed by atoms with van der Waals surface area (Å²) in [6.07, 6.45) is -1.86. The van der Waals surface area contributed by atoms with Crippen molar-refractivity contribution in [3.8, 4) is 0 Å². The molecule has 19 heavy (non-hydrogen) atoms.